The predicted molar refractivity (Wildman–Crippen MR) is 127 cm³/mol. The van der Waals surface area contributed by atoms with Crippen molar-refractivity contribution >= 4 is 27.5 Å². The smallest absolute Gasteiger partial charge is 0.270 e. The molecule has 3 aromatic heterocycles. The second-order valence-corrected chi connectivity index (χ2v) is 9.39. The van der Waals surface area contributed by atoms with Gasteiger partial charge in [-0.25, -0.2) is 4.98 Å². The van der Waals surface area contributed by atoms with E-state index in [-0.39, 0.29) is 18.1 Å². The number of methoxy groups -OCH3 is 1. The molecule has 1 amide bonds. The summed E-state index contributed by atoms with van der Waals surface area (Å²) in [6.07, 6.45) is 4.77. The standard InChI is InChI=1S/C25H26N4O2S/c1-15-21(14-29(2)28-15)17-6-4-16(5-7-17)10-18-11-23(27-22-8-9-32-24(18)22)25(30)26-19-12-20(13-19)31-3/h4-9,11,14,19-20H,10,12-13H2,1-3H3,(H,26,30). The minimum Gasteiger partial charge on any atom is -0.381 e. The van der Waals surface area contributed by atoms with Crippen LogP contribution in [0.15, 0.2) is 48.0 Å². The number of nitrogens with one attached hydrogen (secondary N) is 1. The first-order chi connectivity index (χ1) is 15.5. The van der Waals surface area contributed by atoms with Gasteiger partial charge in [-0.2, -0.15) is 5.10 Å². The Bertz CT molecular complexity index is 1270. The lowest BCUT2D eigenvalue weighted by molar-refractivity contribution is 0.0175. The molecule has 1 fully saturated rings. The molecular weight excluding hydrogens is 420 g/mol. The average molecular weight is 447 g/mol. The molecule has 7 heteroatoms. The highest BCUT2D eigenvalue weighted by molar-refractivity contribution is 7.17. The fraction of sp³-hybridized carbons (Fsp3) is 0.320. The van der Waals surface area contributed by atoms with Crippen LogP contribution in [0.3, 0.4) is 0 Å². The van der Waals surface area contributed by atoms with E-state index in [1.54, 1.807) is 18.4 Å². The van der Waals surface area contributed by atoms with E-state index < -0.39 is 0 Å². The van der Waals surface area contributed by atoms with Gasteiger partial charge in [0.25, 0.3) is 5.91 Å². The van der Waals surface area contributed by atoms with Crippen LogP contribution in [0.4, 0.5) is 0 Å². The molecule has 3 heterocycles. The number of hydrogen-bond acceptors (Lipinski definition) is 5. The first kappa shape index (κ1) is 20.8. The van der Waals surface area contributed by atoms with Gasteiger partial charge in [0, 0.05) is 32.0 Å². The summed E-state index contributed by atoms with van der Waals surface area (Å²) in [5.74, 6) is -0.110. The number of rotatable bonds is 6. The van der Waals surface area contributed by atoms with E-state index >= 15 is 0 Å². The van der Waals surface area contributed by atoms with Crippen LogP contribution in [-0.2, 0) is 18.2 Å². The number of benzene rings is 1. The zero-order valence-corrected chi connectivity index (χ0v) is 19.3. The second kappa shape index (κ2) is 8.48. The molecular formula is C25H26N4O2S. The van der Waals surface area contributed by atoms with Crippen molar-refractivity contribution in [3.8, 4) is 11.1 Å². The average Bonchev–Trinajstić information content (AvgIpc) is 3.36. The van der Waals surface area contributed by atoms with E-state index in [1.807, 2.05) is 42.4 Å². The lowest BCUT2D eigenvalue weighted by atomic mass is 9.89. The fourth-order valence-corrected chi connectivity index (χ4v) is 5.16. The van der Waals surface area contributed by atoms with Crippen LogP contribution in [-0.4, -0.2) is 39.9 Å². The summed E-state index contributed by atoms with van der Waals surface area (Å²) in [6.45, 7) is 2.03. The molecule has 1 N–H and O–H groups in total. The fourth-order valence-electron chi connectivity index (χ4n) is 4.31. The molecule has 164 valence electrons. The molecule has 32 heavy (non-hydrogen) atoms. The maximum atomic E-state index is 12.8. The minimum absolute atomic E-state index is 0.110. The molecule has 1 saturated carbocycles. The van der Waals surface area contributed by atoms with E-state index in [2.05, 4.69) is 39.7 Å². The van der Waals surface area contributed by atoms with Crippen molar-refractivity contribution < 1.29 is 9.53 Å². The van der Waals surface area contributed by atoms with Crippen LogP contribution in [0.5, 0.6) is 0 Å². The summed E-state index contributed by atoms with van der Waals surface area (Å²) in [6, 6.07) is 12.7. The molecule has 1 aromatic carbocycles. The molecule has 6 nitrogen and oxygen atoms in total. The second-order valence-electron chi connectivity index (χ2n) is 8.48. The molecule has 0 radical (unpaired) electrons. The first-order valence-electron chi connectivity index (χ1n) is 10.8. The van der Waals surface area contributed by atoms with Crippen molar-refractivity contribution in [2.75, 3.05) is 7.11 Å². The highest BCUT2D eigenvalue weighted by atomic mass is 32.1. The van der Waals surface area contributed by atoms with Crippen LogP contribution in [0.2, 0.25) is 0 Å². The normalized spacial score (nSPS) is 18.0. The molecule has 1 aliphatic carbocycles. The maximum Gasteiger partial charge on any atom is 0.270 e. The summed E-state index contributed by atoms with van der Waals surface area (Å²) >= 11 is 1.67. The highest BCUT2D eigenvalue weighted by Crippen LogP contribution is 2.29. The van der Waals surface area contributed by atoms with Crippen molar-refractivity contribution in [2.24, 2.45) is 7.05 Å². The third-order valence-corrected chi connectivity index (χ3v) is 7.14. The number of pyridine rings is 1. The van der Waals surface area contributed by atoms with E-state index in [0.29, 0.717) is 5.69 Å². The van der Waals surface area contributed by atoms with Crippen molar-refractivity contribution in [3.63, 3.8) is 0 Å². The Balaban J connectivity index is 1.37. The number of aromatic nitrogens is 3. The van der Waals surface area contributed by atoms with Crippen LogP contribution in [0, 0.1) is 6.92 Å². The molecule has 0 bridgehead atoms. The summed E-state index contributed by atoms with van der Waals surface area (Å²) in [7, 11) is 3.65. The van der Waals surface area contributed by atoms with Gasteiger partial charge in [-0.05, 0) is 60.4 Å². The predicted octanol–water partition coefficient (Wildman–Crippen LogP) is 4.50. The van der Waals surface area contributed by atoms with Crippen molar-refractivity contribution in [1.29, 1.82) is 0 Å². The van der Waals surface area contributed by atoms with E-state index in [0.717, 1.165) is 51.9 Å². The highest BCUT2D eigenvalue weighted by Gasteiger charge is 2.30. The first-order valence-corrected chi connectivity index (χ1v) is 11.7. The van der Waals surface area contributed by atoms with E-state index in [4.69, 9.17) is 4.74 Å². The summed E-state index contributed by atoms with van der Waals surface area (Å²) in [4.78, 5) is 17.4. The summed E-state index contributed by atoms with van der Waals surface area (Å²) in [5.41, 5.74) is 7.01. The Hall–Kier alpha value is -3.03. The molecule has 5 rings (SSSR count). The number of fused-ring (bicyclic) bond motifs is 1. The number of carbonyl (C=O) groups excluding carboxylic acids is 1. The van der Waals surface area contributed by atoms with Crippen molar-refractivity contribution in [2.45, 2.75) is 38.3 Å². The summed E-state index contributed by atoms with van der Waals surface area (Å²) in [5, 5.41) is 9.56. The number of nitrogens with zero attached hydrogens (tertiary/aromatic N) is 3. The quantitative estimate of drug-likeness (QED) is 0.473. The van der Waals surface area contributed by atoms with Crippen LogP contribution >= 0.6 is 11.3 Å². The number of thiophene rings is 1. The van der Waals surface area contributed by atoms with E-state index in [1.165, 1.54) is 5.56 Å². The Labute approximate surface area is 191 Å². The largest absolute Gasteiger partial charge is 0.381 e. The lowest BCUT2D eigenvalue weighted by Crippen LogP contribution is -2.47. The molecule has 0 saturated heterocycles. The zero-order valence-electron chi connectivity index (χ0n) is 18.5. The third-order valence-electron chi connectivity index (χ3n) is 6.16. The molecule has 0 spiro atoms. The Morgan fingerprint density at radius 3 is 2.72 bits per heavy atom. The Morgan fingerprint density at radius 2 is 2.03 bits per heavy atom. The molecule has 1 aliphatic rings. The van der Waals surface area contributed by atoms with Crippen LogP contribution in [0.25, 0.3) is 21.3 Å². The van der Waals surface area contributed by atoms with Gasteiger partial charge in [-0.3, -0.25) is 9.48 Å². The number of amides is 1. The molecule has 0 aliphatic heterocycles. The molecule has 0 atom stereocenters. The van der Waals surface area contributed by atoms with Gasteiger partial charge >= 0.3 is 0 Å². The van der Waals surface area contributed by atoms with Gasteiger partial charge in [-0.1, -0.05) is 24.3 Å². The third kappa shape index (κ3) is 4.06. The minimum atomic E-state index is -0.110. The Kier molecular flexibility index (Phi) is 5.53. The van der Waals surface area contributed by atoms with Crippen molar-refractivity contribution in [3.05, 3.63) is 70.5 Å². The number of aryl methyl sites for hydroxylation is 2. The number of ether oxygens (including phenoxy) is 1. The van der Waals surface area contributed by atoms with Crippen LogP contribution in [0.1, 0.15) is 40.2 Å². The van der Waals surface area contributed by atoms with Gasteiger partial charge in [0.15, 0.2) is 0 Å². The van der Waals surface area contributed by atoms with Crippen LogP contribution < -0.4 is 5.32 Å². The SMILES string of the molecule is COC1CC(NC(=O)c2cc(Cc3ccc(-c4cn(C)nc4C)cc3)c3sccc3n2)C1. The van der Waals surface area contributed by atoms with Gasteiger partial charge in [0.1, 0.15) is 5.69 Å². The molecule has 0 unspecified atom stereocenters. The monoisotopic (exact) mass is 446 g/mol. The maximum absolute atomic E-state index is 12.8. The lowest BCUT2D eigenvalue weighted by Gasteiger charge is -2.34. The van der Waals surface area contributed by atoms with Gasteiger partial charge in [0.05, 0.1) is 22.0 Å². The topological polar surface area (TPSA) is 69.0 Å². The number of carbonyl (C=O) groups is 1. The zero-order chi connectivity index (χ0) is 22.2. The molecule has 4 aromatic rings. The van der Waals surface area contributed by atoms with Crippen molar-refractivity contribution in [1.82, 2.24) is 20.1 Å². The Morgan fingerprint density at radius 1 is 1.25 bits per heavy atom. The van der Waals surface area contributed by atoms with Gasteiger partial charge in [-0.15, -0.1) is 11.3 Å². The van der Waals surface area contributed by atoms with Gasteiger partial charge in [0.2, 0.25) is 0 Å². The van der Waals surface area contributed by atoms with Gasteiger partial charge < -0.3 is 10.1 Å². The summed E-state index contributed by atoms with van der Waals surface area (Å²) < 4.78 is 8.29. The van der Waals surface area contributed by atoms with E-state index in [9.17, 15) is 4.79 Å². The number of hydrogen-bond donors (Lipinski definition) is 1.